The molecule has 2 aromatic carbocycles. The maximum atomic E-state index is 12.0. The monoisotopic (exact) mass is 370 g/mol. The minimum Gasteiger partial charge on any atom is -0.507 e. The number of phenolic OH excluding ortho intramolecular Hbond substituents is 1. The molecule has 0 aliphatic heterocycles. The first kappa shape index (κ1) is 17.8. The summed E-state index contributed by atoms with van der Waals surface area (Å²) in [6, 6.07) is 14.2. The Balaban J connectivity index is 1.53. The van der Waals surface area contributed by atoms with Gasteiger partial charge in [0.1, 0.15) is 5.75 Å². The number of rotatable bonds is 6. The average molecular weight is 370 g/mol. The molecule has 3 rings (SSSR count). The number of aromatic nitrogens is 1. The lowest BCUT2D eigenvalue weighted by Crippen LogP contribution is -2.25. The molecular weight excluding hydrogens is 352 g/mol. The molecule has 134 valence electrons. The highest BCUT2D eigenvalue weighted by Crippen LogP contribution is 2.20. The standard InChI is InChI=1S/C19H18N2O4S/c22-15-4-2-1-3-14(15)17(23)20-10-9-12-5-7-13(8-6-12)11-16-18(24)21-19(25)26-16/h1-8,22,24H,9-11H2,(H,20,23)(H,21,25). The van der Waals surface area contributed by atoms with Crippen molar-refractivity contribution < 1.29 is 15.0 Å². The molecule has 0 bridgehead atoms. The molecule has 0 radical (unpaired) electrons. The minimum atomic E-state index is -0.308. The van der Waals surface area contributed by atoms with E-state index in [9.17, 15) is 19.8 Å². The number of hydrogen-bond donors (Lipinski definition) is 4. The van der Waals surface area contributed by atoms with Crippen molar-refractivity contribution in [3.63, 3.8) is 0 Å². The van der Waals surface area contributed by atoms with Crippen LogP contribution in [0, 0.1) is 0 Å². The van der Waals surface area contributed by atoms with Gasteiger partial charge < -0.3 is 15.5 Å². The summed E-state index contributed by atoms with van der Waals surface area (Å²) in [6.07, 6.45) is 1.14. The first-order valence-electron chi connectivity index (χ1n) is 8.08. The Morgan fingerprint density at radius 1 is 1.04 bits per heavy atom. The molecule has 1 heterocycles. The van der Waals surface area contributed by atoms with E-state index >= 15 is 0 Å². The van der Waals surface area contributed by atoms with E-state index in [0.717, 1.165) is 22.5 Å². The molecule has 0 aliphatic rings. The van der Waals surface area contributed by atoms with Crippen molar-refractivity contribution in [1.29, 1.82) is 0 Å². The lowest BCUT2D eigenvalue weighted by atomic mass is 10.1. The predicted octanol–water partition coefficient (Wildman–Crippen LogP) is 2.41. The number of phenols is 1. The Morgan fingerprint density at radius 3 is 2.38 bits per heavy atom. The molecule has 7 heteroatoms. The molecular formula is C19H18N2O4S. The summed E-state index contributed by atoms with van der Waals surface area (Å²) in [5, 5.41) is 22.1. The van der Waals surface area contributed by atoms with Crippen molar-refractivity contribution in [2.75, 3.05) is 6.54 Å². The molecule has 0 aliphatic carbocycles. The molecule has 0 saturated heterocycles. The molecule has 1 amide bonds. The molecule has 0 atom stereocenters. The number of hydrogen-bond acceptors (Lipinski definition) is 5. The third-order valence-corrected chi connectivity index (χ3v) is 4.81. The minimum absolute atomic E-state index is 0.0373. The summed E-state index contributed by atoms with van der Waals surface area (Å²) in [6.45, 7) is 0.451. The van der Waals surface area contributed by atoms with E-state index in [0.29, 0.717) is 24.3 Å². The molecule has 4 N–H and O–H groups in total. The van der Waals surface area contributed by atoms with Crippen LogP contribution in [-0.4, -0.2) is 27.6 Å². The van der Waals surface area contributed by atoms with Gasteiger partial charge in [-0.1, -0.05) is 47.7 Å². The van der Waals surface area contributed by atoms with Crippen molar-refractivity contribution >= 4 is 17.2 Å². The molecule has 0 unspecified atom stereocenters. The van der Waals surface area contributed by atoms with Crippen LogP contribution in [0.15, 0.2) is 53.3 Å². The second-order valence-electron chi connectivity index (χ2n) is 5.80. The normalized spacial score (nSPS) is 10.6. The number of aromatic amines is 1. The Kier molecular flexibility index (Phi) is 5.38. The van der Waals surface area contributed by atoms with E-state index in [1.165, 1.54) is 6.07 Å². The van der Waals surface area contributed by atoms with E-state index in [4.69, 9.17) is 0 Å². The second-order valence-corrected chi connectivity index (χ2v) is 6.87. The average Bonchev–Trinajstić information content (AvgIpc) is 2.94. The van der Waals surface area contributed by atoms with Gasteiger partial charge in [0.2, 0.25) is 5.88 Å². The Bertz CT molecular complexity index is 960. The maximum absolute atomic E-state index is 12.0. The van der Waals surface area contributed by atoms with Crippen molar-refractivity contribution in [1.82, 2.24) is 10.3 Å². The number of para-hydroxylation sites is 1. The van der Waals surface area contributed by atoms with Crippen LogP contribution >= 0.6 is 11.3 Å². The quantitative estimate of drug-likeness (QED) is 0.535. The van der Waals surface area contributed by atoms with Gasteiger partial charge in [-0.2, -0.15) is 0 Å². The van der Waals surface area contributed by atoms with E-state index < -0.39 is 0 Å². The molecule has 0 spiro atoms. The Labute approximate surface area is 153 Å². The van der Waals surface area contributed by atoms with Crippen molar-refractivity contribution in [3.8, 4) is 11.6 Å². The molecule has 6 nitrogen and oxygen atoms in total. The Hall–Kier alpha value is -3.06. The zero-order chi connectivity index (χ0) is 18.5. The number of H-pyrrole nitrogens is 1. The highest BCUT2D eigenvalue weighted by atomic mass is 32.1. The zero-order valence-corrected chi connectivity index (χ0v) is 14.7. The summed E-state index contributed by atoms with van der Waals surface area (Å²) in [7, 11) is 0. The lowest BCUT2D eigenvalue weighted by Gasteiger charge is -2.07. The van der Waals surface area contributed by atoms with Crippen LogP contribution in [0.25, 0.3) is 0 Å². The number of carbonyl (C=O) groups is 1. The molecule has 3 aromatic rings. The molecule has 0 saturated carbocycles. The van der Waals surface area contributed by atoms with Gasteiger partial charge in [0, 0.05) is 13.0 Å². The first-order valence-corrected chi connectivity index (χ1v) is 8.89. The summed E-state index contributed by atoms with van der Waals surface area (Å²) in [5.41, 5.74) is 2.29. The third-order valence-electron chi connectivity index (χ3n) is 3.94. The van der Waals surface area contributed by atoms with Crippen molar-refractivity contribution in [3.05, 3.63) is 79.8 Å². The number of carbonyl (C=O) groups excluding carboxylic acids is 1. The number of thiazole rings is 1. The van der Waals surface area contributed by atoms with Gasteiger partial charge in [-0.05, 0) is 29.7 Å². The van der Waals surface area contributed by atoms with Crippen LogP contribution in [0.4, 0.5) is 0 Å². The summed E-state index contributed by atoms with van der Waals surface area (Å²) < 4.78 is 0. The summed E-state index contributed by atoms with van der Waals surface area (Å²) in [5.74, 6) is -0.418. The first-order chi connectivity index (χ1) is 12.5. The summed E-state index contributed by atoms with van der Waals surface area (Å²) in [4.78, 5) is 25.9. The third kappa shape index (κ3) is 4.31. The molecule has 1 aromatic heterocycles. The lowest BCUT2D eigenvalue weighted by molar-refractivity contribution is 0.0951. The van der Waals surface area contributed by atoms with Crippen LogP contribution in [0.2, 0.25) is 0 Å². The van der Waals surface area contributed by atoms with Crippen LogP contribution in [0.5, 0.6) is 11.6 Å². The van der Waals surface area contributed by atoms with Gasteiger partial charge >= 0.3 is 4.87 Å². The van der Waals surface area contributed by atoms with Crippen LogP contribution in [0.1, 0.15) is 26.4 Å². The topological polar surface area (TPSA) is 102 Å². The van der Waals surface area contributed by atoms with E-state index in [1.54, 1.807) is 18.2 Å². The summed E-state index contributed by atoms with van der Waals surface area (Å²) >= 11 is 1.00. The Morgan fingerprint density at radius 2 is 1.73 bits per heavy atom. The second kappa shape index (κ2) is 7.88. The fourth-order valence-corrected chi connectivity index (χ4v) is 3.32. The fourth-order valence-electron chi connectivity index (χ4n) is 2.56. The number of aromatic hydroxyl groups is 2. The fraction of sp³-hybridized carbons (Fsp3) is 0.158. The number of nitrogens with one attached hydrogen (secondary N) is 2. The van der Waals surface area contributed by atoms with Gasteiger partial charge in [-0.3, -0.25) is 14.6 Å². The van der Waals surface area contributed by atoms with Gasteiger partial charge in [0.25, 0.3) is 5.91 Å². The SMILES string of the molecule is O=C(NCCc1ccc(Cc2sc(=O)[nH]c2O)cc1)c1ccccc1O. The molecule has 0 fully saturated rings. The van der Waals surface area contributed by atoms with Crippen LogP contribution in [0.3, 0.4) is 0 Å². The van der Waals surface area contributed by atoms with Gasteiger partial charge in [-0.25, -0.2) is 0 Å². The van der Waals surface area contributed by atoms with Crippen molar-refractivity contribution in [2.45, 2.75) is 12.8 Å². The smallest absolute Gasteiger partial charge is 0.307 e. The largest absolute Gasteiger partial charge is 0.507 e. The zero-order valence-electron chi connectivity index (χ0n) is 13.9. The van der Waals surface area contributed by atoms with Gasteiger partial charge in [0.05, 0.1) is 10.4 Å². The number of amides is 1. The highest BCUT2D eigenvalue weighted by Gasteiger charge is 2.10. The van der Waals surface area contributed by atoms with Gasteiger partial charge in [0.15, 0.2) is 0 Å². The predicted molar refractivity (Wildman–Crippen MR) is 100.0 cm³/mol. The van der Waals surface area contributed by atoms with Crippen LogP contribution in [-0.2, 0) is 12.8 Å². The highest BCUT2D eigenvalue weighted by molar-refractivity contribution is 7.09. The van der Waals surface area contributed by atoms with E-state index in [-0.39, 0.29) is 28.0 Å². The molecule has 26 heavy (non-hydrogen) atoms. The van der Waals surface area contributed by atoms with E-state index in [1.807, 2.05) is 24.3 Å². The van der Waals surface area contributed by atoms with Crippen LogP contribution < -0.4 is 10.2 Å². The maximum Gasteiger partial charge on any atom is 0.307 e. The van der Waals surface area contributed by atoms with Gasteiger partial charge in [-0.15, -0.1) is 0 Å². The van der Waals surface area contributed by atoms with Crippen molar-refractivity contribution in [2.24, 2.45) is 0 Å². The van der Waals surface area contributed by atoms with E-state index in [2.05, 4.69) is 10.3 Å². The number of benzene rings is 2.